The summed E-state index contributed by atoms with van der Waals surface area (Å²) in [6.07, 6.45) is 6.40. The smallest absolute Gasteiger partial charge is 0.129 e. The Balaban J connectivity index is 1.93. The van der Waals surface area contributed by atoms with Crippen LogP contribution in [0.15, 0.2) is 12.4 Å². The molecule has 1 aromatic heterocycles. The van der Waals surface area contributed by atoms with Crippen LogP contribution in [0.1, 0.15) is 38.8 Å². The lowest BCUT2D eigenvalue weighted by Gasteiger charge is -2.05. The van der Waals surface area contributed by atoms with Gasteiger partial charge in [0.25, 0.3) is 0 Å². The van der Waals surface area contributed by atoms with Gasteiger partial charge in [-0.25, -0.2) is 9.97 Å². The third kappa shape index (κ3) is 2.67. The Morgan fingerprint density at radius 3 is 2.93 bits per heavy atom. The number of nitrogens with one attached hydrogen (secondary N) is 1. The van der Waals surface area contributed by atoms with E-state index in [9.17, 15) is 0 Å². The topological polar surface area (TPSA) is 37.8 Å². The quantitative estimate of drug-likeness (QED) is 0.803. The number of rotatable bonds is 5. The molecule has 0 spiro atoms. The highest BCUT2D eigenvalue weighted by atomic mass is 15.1. The van der Waals surface area contributed by atoms with E-state index in [4.69, 9.17) is 0 Å². The Kier molecular flexibility index (Phi) is 3.19. The van der Waals surface area contributed by atoms with Crippen molar-refractivity contribution in [1.82, 2.24) is 9.97 Å². The van der Waals surface area contributed by atoms with Crippen LogP contribution >= 0.6 is 0 Å². The first-order valence-corrected chi connectivity index (χ1v) is 5.91. The summed E-state index contributed by atoms with van der Waals surface area (Å²) < 4.78 is 0. The lowest BCUT2D eigenvalue weighted by atomic mass is 10.2. The monoisotopic (exact) mass is 205 g/mol. The van der Waals surface area contributed by atoms with Crippen molar-refractivity contribution in [1.29, 1.82) is 0 Å². The van der Waals surface area contributed by atoms with Crippen molar-refractivity contribution in [2.45, 2.75) is 45.6 Å². The van der Waals surface area contributed by atoms with Gasteiger partial charge < -0.3 is 5.32 Å². The van der Waals surface area contributed by atoms with Crippen molar-refractivity contribution in [3.63, 3.8) is 0 Å². The second-order valence-corrected chi connectivity index (χ2v) is 4.30. The van der Waals surface area contributed by atoms with Gasteiger partial charge >= 0.3 is 0 Å². The third-order valence-electron chi connectivity index (χ3n) is 3.01. The molecule has 2 atom stereocenters. The SMILES string of the molecule is CCCc1cc(NC2CC2CC)ncn1. The van der Waals surface area contributed by atoms with Crippen LogP contribution in [0.5, 0.6) is 0 Å². The Bertz CT molecular complexity index is 324. The van der Waals surface area contributed by atoms with Crippen LogP contribution in [0, 0.1) is 5.92 Å². The average molecular weight is 205 g/mol. The summed E-state index contributed by atoms with van der Waals surface area (Å²) in [5, 5.41) is 3.46. The standard InChI is InChI=1S/C12H19N3/c1-3-5-10-7-12(14-8-13-10)15-11-6-9(11)4-2/h7-9,11H,3-6H2,1-2H3,(H,13,14,15). The number of nitrogens with zero attached hydrogens (tertiary/aromatic N) is 2. The highest BCUT2D eigenvalue weighted by molar-refractivity contribution is 5.38. The summed E-state index contributed by atoms with van der Waals surface area (Å²) in [6.45, 7) is 4.41. The van der Waals surface area contributed by atoms with Crippen LogP contribution < -0.4 is 5.32 Å². The Hall–Kier alpha value is -1.12. The van der Waals surface area contributed by atoms with Gasteiger partial charge in [0.05, 0.1) is 0 Å². The van der Waals surface area contributed by atoms with E-state index in [1.807, 2.05) is 0 Å². The zero-order chi connectivity index (χ0) is 10.7. The maximum Gasteiger partial charge on any atom is 0.129 e. The summed E-state index contributed by atoms with van der Waals surface area (Å²) in [4.78, 5) is 8.49. The molecule has 0 bridgehead atoms. The van der Waals surface area contributed by atoms with Gasteiger partial charge in [0.15, 0.2) is 0 Å². The number of aryl methyl sites for hydroxylation is 1. The van der Waals surface area contributed by atoms with Gasteiger partial charge in [0.1, 0.15) is 12.1 Å². The largest absolute Gasteiger partial charge is 0.367 e. The lowest BCUT2D eigenvalue weighted by molar-refractivity contribution is 0.772. The summed E-state index contributed by atoms with van der Waals surface area (Å²) in [5.41, 5.74) is 1.14. The fourth-order valence-corrected chi connectivity index (χ4v) is 1.93. The molecule has 1 heterocycles. The van der Waals surface area contributed by atoms with E-state index in [1.54, 1.807) is 6.33 Å². The number of anilines is 1. The predicted octanol–water partition coefficient (Wildman–Crippen LogP) is 2.64. The molecule has 15 heavy (non-hydrogen) atoms. The van der Waals surface area contributed by atoms with Crippen molar-refractivity contribution in [3.8, 4) is 0 Å². The van der Waals surface area contributed by atoms with Crippen LogP contribution in [0.3, 0.4) is 0 Å². The highest BCUT2D eigenvalue weighted by Gasteiger charge is 2.35. The Labute approximate surface area is 91.3 Å². The number of aromatic nitrogens is 2. The van der Waals surface area contributed by atoms with Gasteiger partial charge in [-0.1, -0.05) is 26.7 Å². The molecule has 2 unspecified atom stereocenters. The van der Waals surface area contributed by atoms with Crippen LogP contribution in [0.4, 0.5) is 5.82 Å². The van der Waals surface area contributed by atoms with Crippen LogP contribution in [-0.2, 0) is 6.42 Å². The molecule has 3 nitrogen and oxygen atoms in total. The molecule has 1 aliphatic rings. The zero-order valence-electron chi connectivity index (χ0n) is 9.53. The Morgan fingerprint density at radius 1 is 1.40 bits per heavy atom. The van der Waals surface area contributed by atoms with E-state index < -0.39 is 0 Å². The molecular weight excluding hydrogens is 186 g/mol. The summed E-state index contributed by atoms with van der Waals surface area (Å²) in [7, 11) is 0. The van der Waals surface area contributed by atoms with E-state index in [0.717, 1.165) is 30.3 Å². The minimum absolute atomic E-state index is 0.652. The van der Waals surface area contributed by atoms with Gasteiger partial charge in [0.2, 0.25) is 0 Å². The van der Waals surface area contributed by atoms with Crippen molar-refractivity contribution in [2.75, 3.05) is 5.32 Å². The molecule has 0 aliphatic heterocycles. The molecule has 0 saturated heterocycles. The van der Waals surface area contributed by atoms with Gasteiger partial charge in [-0.2, -0.15) is 0 Å². The molecule has 0 amide bonds. The van der Waals surface area contributed by atoms with E-state index in [1.165, 1.54) is 12.8 Å². The minimum Gasteiger partial charge on any atom is -0.367 e. The van der Waals surface area contributed by atoms with Crippen molar-refractivity contribution in [2.24, 2.45) is 5.92 Å². The van der Waals surface area contributed by atoms with E-state index >= 15 is 0 Å². The minimum atomic E-state index is 0.652. The molecular formula is C12H19N3. The van der Waals surface area contributed by atoms with Crippen LogP contribution in [0.25, 0.3) is 0 Å². The summed E-state index contributed by atoms with van der Waals surface area (Å²) in [6, 6.07) is 2.73. The maximum absolute atomic E-state index is 4.25. The molecule has 1 N–H and O–H groups in total. The molecule has 82 valence electrons. The van der Waals surface area contributed by atoms with Crippen molar-refractivity contribution < 1.29 is 0 Å². The highest BCUT2D eigenvalue weighted by Crippen LogP contribution is 2.35. The van der Waals surface area contributed by atoms with E-state index in [-0.39, 0.29) is 0 Å². The van der Waals surface area contributed by atoms with Crippen LogP contribution in [0.2, 0.25) is 0 Å². The van der Waals surface area contributed by atoms with Crippen molar-refractivity contribution in [3.05, 3.63) is 18.1 Å². The predicted molar refractivity (Wildman–Crippen MR) is 61.8 cm³/mol. The van der Waals surface area contributed by atoms with E-state index in [2.05, 4.69) is 35.2 Å². The molecule has 1 fully saturated rings. The second kappa shape index (κ2) is 4.60. The first kappa shape index (κ1) is 10.4. The molecule has 1 aromatic rings. The van der Waals surface area contributed by atoms with Crippen LogP contribution in [-0.4, -0.2) is 16.0 Å². The molecule has 3 heteroatoms. The normalized spacial score (nSPS) is 23.9. The molecule has 1 aliphatic carbocycles. The lowest BCUT2D eigenvalue weighted by Crippen LogP contribution is -2.06. The second-order valence-electron chi connectivity index (χ2n) is 4.30. The number of hydrogen-bond donors (Lipinski definition) is 1. The Morgan fingerprint density at radius 2 is 2.27 bits per heavy atom. The molecule has 0 radical (unpaired) electrons. The van der Waals surface area contributed by atoms with E-state index in [0.29, 0.717) is 6.04 Å². The molecule has 2 rings (SSSR count). The summed E-state index contributed by atoms with van der Waals surface area (Å²) >= 11 is 0. The third-order valence-corrected chi connectivity index (χ3v) is 3.01. The zero-order valence-corrected chi connectivity index (χ0v) is 9.53. The first-order valence-electron chi connectivity index (χ1n) is 5.91. The van der Waals surface area contributed by atoms with Crippen molar-refractivity contribution >= 4 is 5.82 Å². The summed E-state index contributed by atoms with van der Waals surface area (Å²) in [5.74, 6) is 1.85. The van der Waals surface area contributed by atoms with Gasteiger partial charge in [-0.15, -0.1) is 0 Å². The number of hydrogen-bond acceptors (Lipinski definition) is 3. The molecule has 0 aromatic carbocycles. The van der Waals surface area contributed by atoms with Gasteiger partial charge in [-0.05, 0) is 18.8 Å². The fourth-order valence-electron chi connectivity index (χ4n) is 1.93. The van der Waals surface area contributed by atoms with Gasteiger partial charge in [0, 0.05) is 17.8 Å². The maximum atomic E-state index is 4.25. The van der Waals surface area contributed by atoms with Gasteiger partial charge in [-0.3, -0.25) is 0 Å². The average Bonchev–Trinajstić information content (AvgIpc) is 2.97. The fraction of sp³-hybridized carbons (Fsp3) is 0.667. The first-order chi connectivity index (χ1) is 7.33. The molecule has 1 saturated carbocycles.